The summed E-state index contributed by atoms with van der Waals surface area (Å²) in [4.78, 5) is 29.2. The van der Waals surface area contributed by atoms with E-state index < -0.39 is 29.4 Å². The lowest BCUT2D eigenvalue weighted by molar-refractivity contribution is -0.145. The fraction of sp³-hybridized carbons (Fsp3) is 0.538. The van der Waals surface area contributed by atoms with E-state index in [2.05, 4.69) is 15.3 Å². The topological polar surface area (TPSA) is 92.2 Å². The lowest BCUT2D eigenvalue weighted by atomic mass is 9.88. The van der Waals surface area contributed by atoms with Crippen LogP contribution in [0.15, 0.2) is 12.4 Å². The smallest absolute Gasteiger partial charge is 0.451 e. The van der Waals surface area contributed by atoms with Gasteiger partial charge in [-0.05, 0) is 12.8 Å². The van der Waals surface area contributed by atoms with Gasteiger partial charge in [0.05, 0.1) is 17.5 Å². The molecular weight excluding hydrogens is 303 g/mol. The number of nitrogens with one attached hydrogen (secondary N) is 1. The number of hydrogen-bond acceptors (Lipinski definition) is 4. The summed E-state index contributed by atoms with van der Waals surface area (Å²) in [6, 6.07) is 0. The summed E-state index contributed by atoms with van der Waals surface area (Å²) in [5, 5.41) is 11.5. The number of carboxylic acid groups (broad SMARTS) is 1. The molecule has 2 N–H and O–H groups in total. The molecule has 6 nitrogen and oxygen atoms in total. The number of halogens is 3. The number of carbonyl (C=O) groups excluding carboxylic acids is 1. The molecule has 0 aliphatic heterocycles. The van der Waals surface area contributed by atoms with Crippen molar-refractivity contribution in [3.63, 3.8) is 0 Å². The third-order valence-electron chi connectivity index (χ3n) is 3.39. The molecule has 9 heteroatoms. The second-order valence-corrected chi connectivity index (χ2v) is 4.81. The van der Waals surface area contributed by atoms with Crippen LogP contribution >= 0.6 is 0 Å². The average Bonchev–Trinajstić information content (AvgIpc) is 2.45. The van der Waals surface area contributed by atoms with E-state index in [4.69, 9.17) is 5.11 Å². The summed E-state index contributed by atoms with van der Waals surface area (Å²) >= 11 is 0. The van der Waals surface area contributed by atoms with Crippen molar-refractivity contribution < 1.29 is 27.9 Å². The zero-order chi connectivity index (χ0) is 17.0. The number of aliphatic carboxylic acids is 1. The Morgan fingerprint density at radius 1 is 1.18 bits per heavy atom. The van der Waals surface area contributed by atoms with Gasteiger partial charge in [-0.1, -0.05) is 13.8 Å². The molecule has 0 saturated carbocycles. The van der Waals surface area contributed by atoms with E-state index >= 15 is 0 Å². The van der Waals surface area contributed by atoms with Crippen molar-refractivity contribution in [3.05, 3.63) is 23.8 Å². The molecule has 0 spiro atoms. The number of aromatic nitrogens is 2. The Hall–Kier alpha value is -2.19. The molecule has 0 bridgehead atoms. The summed E-state index contributed by atoms with van der Waals surface area (Å²) in [5.74, 6) is -3.13. The first kappa shape index (κ1) is 17.9. The van der Waals surface area contributed by atoms with E-state index in [0.29, 0.717) is 12.8 Å². The maximum atomic E-state index is 12.4. The molecule has 0 atom stereocenters. The third kappa shape index (κ3) is 4.40. The highest BCUT2D eigenvalue weighted by molar-refractivity contribution is 5.94. The van der Waals surface area contributed by atoms with Crippen LogP contribution in [0.2, 0.25) is 0 Å². The molecular formula is C13H16F3N3O3. The highest BCUT2D eigenvalue weighted by Gasteiger charge is 2.35. The number of carbonyl (C=O) groups is 2. The van der Waals surface area contributed by atoms with Crippen molar-refractivity contribution in [3.8, 4) is 0 Å². The first-order valence-electron chi connectivity index (χ1n) is 6.57. The van der Waals surface area contributed by atoms with Crippen molar-refractivity contribution in [2.45, 2.75) is 44.8 Å². The fourth-order valence-electron chi connectivity index (χ4n) is 1.92. The summed E-state index contributed by atoms with van der Waals surface area (Å²) in [6.45, 7) is 3.44. The second-order valence-electron chi connectivity index (χ2n) is 4.81. The van der Waals surface area contributed by atoms with Gasteiger partial charge in [0.25, 0.3) is 5.91 Å². The highest BCUT2D eigenvalue weighted by atomic mass is 19.4. The van der Waals surface area contributed by atoms with E-state index in [1.54, 1.807) is 13.8 Å². The normalized spacial score (nSPS) is 12.0. The predicted molar refractivity (Wildman–Crippen MR) is 70.1 cm³/mol. The van der Waals surface area contributed by atoms with Gasteiger partial charge in [0.15, 0.2) is 0 Å². The van der Waals surface area contributed by atoms with Gasteiger partial charge in [-0.25, -0.2) is 9.97 Å². The van der Waals surface area contributed by atoms with Crippen molar-refractivity contribution in [1.29, 1.82) is 0 Å². The van der Waals surface area contributed by atoms with Gasteiger partial charge in [0.1, 0.15) is 0 Å². The lowest BCUT2D eigenvalue weighted by Gasteiger charge is -2.31. The standard InChI is InChI=1S/C13H16F3N3O3/c1-3-12(4-2,5-9(20)21)19-10(22)8-6-17-11(18-7-8)13(14,15)16/h6-7H,3-5H2,1-2H3,(H,19,22)(H,20,21). The molecule has 0 aliphatic carbocycles. The molecule has 0 aromatic carbocycles. The summed E-state index contributed by atoms with van der Waals surface area (Å²) < 4.78 is 37.1. The first-order chi connectivity index (χ1) is 10.1. The van der Waals surface area contributed by atoms with Gasteiger partial charge >= 0.3 is 12.1 Å². The number of hydrogen-bond donors (Lipinski definition) is 2. The molecule has 0 fully saturated rings. The van der Waals surface area contributed by atoms with Crippen molar-refractivity contribution >= 4 is 11.9 Å². The maximum Gasteiger partial charge on any atom is 0.451 e. The van der Waals surface area contributed by atoms with Crippen LogP contribution in [0.25, 0.3) is 0 Å². The van der Waals surface area contributed by atoms with E-state index in [1.165, 1.54) is 0 Å². The van der Waals surface area contributed by atoms with Crippen LogP contribution in [-0.4, -0.2) is 32.5 Å². The van der Waals surface area contributed by atoms with Crippen LogP contribution in [0.4, 0.5) is 13.2 Å². The number of nitrogens with zero attached hydrogens (tertiary/aromatic N) is 2. The number of carboxylic acids is 1. The highest BCUT2D eigenvalue weighted by Crippen LogP contribution is 2.25. The Bertz CT molecular complexity index is 540. The van der Waals surface area contributed by atoms with Crippen molar-refractivity contribution in [1.82, 2.24) is 15.3 Å². The Labute approximate surface area is 124 Å². The van der Waals surface area contributed by atoms with Crippen LogP contribution in [-0.2, 0) is 11.0 Å². The Balaban J connectivity index is 2.93. The van der Waals surface area contributed by atoms with Gasteiger partial charge in [-0.15, -0.1) is 0 Å². The molecule has 0 saturated heterocycles. The van der Waals surface area contributed by atoms with E-state index in [0.717, 1.165) is 12.4 Å². The SMILES string of the molecule is CCC(CC)(CC(=O)O)NC(=O)c1cnc(C(F)(F)F)nc1. The quantitative estimate of drug-likeness (QED) is 0.839. The largest absolute Gasteiger partial charge is 0.481 e. The summed E-state index contributed by atoms with van der Waals surface area (Å²) in [5.41, 5.74) is -1.13. The monoisotopic (exact) mass is 319 g/mol. The molecule has 1 heterocycles. The van der Waals surface area contributed by atoms with Gasteiger partial charge in [0, 0.05) is 12.4 Å². The zero-order valence-electron chi connectivity index (χ0n) is 12.1. The van der Waals surface area contributed by atoms with Gasteiger partial charge in [-0.2, -0.15) is 13.2 Å². The lowest BCUT2D eigenvalue weighted by Crippen LogP contribution is -2.49. The van der Waals surface area contributed by atoms with Gasteiger partial charge in [0.2, 0.25) is 5.82 Å². The number of amides is 1. The van der Waals surface area contributed by atoms with Crippen LogP contribution in [0.3, 0.4) is 0 Å². The number of alkyl halides is 3. The van der Waals surface area contributed by atoms with Crippen LogP contribution < -0.4 is 5.32 Å². The van der Waals surface area contributed by atoms with E-state index in [1.807, 2.05) is 0 Å². The first-order valence-corrected chi connectivity index (χ1v) is 6.57. The van der Waals surface area contributed by atoms with Crippen LogP contribution in [0, 0.1) is 0 Å². The Kier molecular flexibility index (Phi) is 5.45. The fourth-order valence-corrected chi connectivity index (χ4v) is 1.92. The molecule has 122 valence electrons. The molecule has 1 aromatic rings. The molecule has 0 aliphatic rings. The second kappa shape index (κ2) is 6.71. The molecule has 1 aromatic heterocycles. The van der Waals surface area contributed by atoms with Gasteiger partial charge in [-0.3, -0.25) is 9.59 Å². The summed E-state index contributed by atoms with van der Waals surface area (Å²) in [6.07, 6.45) is -2.71. The average molecular weight is 319 g/mol. The van der Waals surface area contributed by atoms with Crippen molar-refractivity contribution in [2.24, 2.45) is 0 Å². The van der Waals surface area contributed by atoms with Gasteiger partial charge < -0.3 is 10.4 Å². The van der Waals surface area contributed by atoms with Crippen LogP contribution in [0.1, 0.15) is 49.3 Å². The van der Waals surface area contributed by atoms with Crippen molar-refractivity contribution in [2.75, 3.05) is 0 Å². The maximum absolute atomic E-state index is 12.4. The Morgan fingerprint density at radius 2 is 1.68 bits per heavy atom. The molecule has 0 unspecified atom stereocenters. The minimum absolute atomic E-state index is 0.162. The Morgan fingerprint density at radius 3 is 2.05 bits per heavy atom. The van der Waals surface area contributed by atoms with E-state index in [9.17, 15) is 22.8 Å². The van der Waals surface area contributed by atoms with Crippen LogP contribution in [0.5, 0.6) is 0 Å². The molecule has 1 amide bonds. The minimum atomic E-state index is -4.69. The zero-order valence-corrected chi connectivity index (χ0v) is 12.1. The number of rotatable bonds is 6. The molecule has 1 rings (SSSR count). The summed E-state index contributed by atoms with van der Waals surface area (Å²) in [7, 11) is 0. The predicted octanol–water partition coefficient (Wildman–Crippen LogP) is 2.26. The molecule has 0 radical (unpaired) electrons. The molecule has 22 heavy (non-hydrogen) atoms. The van der Waals surface area contributed by atoms with E-state index in [-0.39, 0.29) is 12.0 Å². The third-order valence-corrected chi connectivity index (χ3v) is 3.39. The minimum Gasteiger partial charge on any atom is -0.481 e.